The number of fused-ring (bicyclic) bond motifs is 1. The molecule has 0 aliphatic heterocycles. The van der Waals surface area contributed by atoms with Crippen molar-refractivity contribution in [2.45, 2.75) is 20.0 Å². The summed E-state index contributed by atoms with van der Waals surface area (Å²) in [6, 6.07) is 17.8. The van der Waals surface area contributed by atoms with Gasteiger partial charge in [0.15, 0.2) is 11.5 Å². The van der Waals surface area contributed by atoms with Crippen molar-refractivity contribution in [3.63, 3.8) is 0 Å². The highest BCUT2D eigenvalue weighted by atomic mass is 16.5. The molecule has 2 amide bonds. The van der Waals surface area contributed by atoms with Gasteiger partial charge in [0.25, 0.3) is 5.91 Å². The summed E-state index contributed by atoms with van der Waals surface area (Å²) in [5.74, 6) is 1.35. The number of anilines is 2. The van der Waals surface area contributed by atoms with Gasteiger partial charge in [-0.25, -0.2) is 4.98 Å². The van der Waals surface area contributed by atoms with Crippen molar-refractivity contribution >= 4 is 28.8 Å². The molecule has 1 aliphatic carbocycles. The quantitative estimate of drug-likeness (QED) is 0.387. The average molecular weight is 471 g/mol. The molecule has 0 saturated heterocycles. The van der Waals surface area contributed by atoms with Crippen LogP contribution in [0.25, 0.3) is 5.65 Å². The number of carbonyl (C=O) groups excluding carboxylic acids is 2. The van der Waals surface area contributed by atoms with Gasteiger partial charge in [-0.05, 0) is 60.9 Å². The molecule has 2 aromatic carbocycles. The van der Waals surface area contributed by atoms with E-state index in [0.717, 1.165) is 17.8 Å². The van der Waals surface area contributed by atoms with E-state index in [2.05, 4.69) is 22.5 Å². The Bertz CT molecular complexity index is 1350. The first-order valence-electron chi connectivity index (χ1n) is 11.5. The van der Waals surface area contributed by atoms with Crippen molar-refractivity contribution in [2.75, 3.05) is 17.7 Å². The summed E-state index contributed by atoms with van der Waals surface area (Å²) in [6.45, 7) is 2.31. The predicted octanol–water partition coefficient (Wildman–Crippen LogP) is 4.77. The van der Waals surface area contributed by atoms with Gasteiger partial charge in [-0.3, -0.25) is 9.59 Å². The van der Waals surface area contributed by atoms with Gasteiger partial charge in [0.1, 0.15) is 12.3 Å². The van der Waals surface area contributed by atoms with Crippen LogP contribution < -0.4 is 20.1 Å². The third kappa shape index (κ3) is 5.11. The molecule has 2 heterocycles. The number of rotatable bonds is 8. The largest absolute Gasteiger partial charge is 0.493 e. The summed E-state index contributed by atoms with van der Waals surface area (Å²) in [6.07, 6.45) is 4.76. The third-order valence-corrected chi connectivity index (χ3v) is 6.07. The zero-order valence-electron chi connectivity index (χ0n) is 19.5. The van der Waals surface area contributed by atoms with Crippen LogP contribution in [0, 0.1) is 11.8 Å². The Morgan fingerprint density at radius 2 is 1.80 bits per heavy atom. The summed E-state index contributed by atoms with van der Waals surface area (Å²) in [7, 11) is 1.57. The van der Waals surface area contributed by atoms with Gasteiger partial charge >= 0.3 is 0 Å². The molecule has 1 fully saturated rings. The van der Waals surface area contributed by atoms with Gasteiger partial charge in [0.2, 0.25) is 5.91 Å². The standard InChI is InChI=1S/C27H26N4O4/c1-17-13-22(17)27(33)29-19-8-6-18(7-9-19)26(32)30-20-10-11-23(34-2)24(14-20)35-16-21-15-31-12-4-3-5-25(31)28-21/h3-12,14-15,17,22H,13,16H2,1-2H3,(H,29,33)(H,30,32). The summed E-state index contributed by atoms with van der Waals surface area (Å²) >= 11 is 0. The zero-order valence-corrected chi connectivity index (χ0v) is 19.5. The first-order valence-corrected chi connectivity index (χ1v) is 11.5. The predicted molar refractivity (Wildman–Crippen MR) is 133 cm³/mol. The summed E-state index contributed by atoms with van der Waals surface area (Å²) < 4.78 is 13.3. The van der Waals surface area contributed by atoms with Gasteiger partial charge in [-0.1, -0.05) is 13.0 Å². The highest BCUT2D eigenvalue weighted by Crippen LogP contribution is 2.38. The fourth-order valence-corrected chi connectivity index (χ4v) is 3.91. The maximum Gasteiger partial charge on any atom is 0.255 e. The molecular formula is C27H26N4O4. The number of pyridine rings is 1. The number of imidazole rings is 1. The molecule has 2 N–H and O–H groups in total. The molecule has 0 bridgehead atoms. The van der Waals surface area contributed by atoms with E-state index in [1.807, 2.05) is 35.0 Å². The van der Waals surface area contributed by atoms with Gasteiger partial charge in [-0.15, -0.1) is 0 Å². The Morgan fingerprint density at radius 3 is 2.51 bits per heavy atom. The maximum atomic E-state index is 12.8. The van der Waals surface area contributed by atoms with Crippen LogP contribution in [0.2, 0.25) is 0 Å². The van der Waals surface area contributed by atoms with Crippen molar-refractivity contribution in [3.05, 3.63) is 84.3 Å². The molecule has 2 unspecified atom stereocenters. The Labute approximate surface area is 202 Å². The van der Waals surface area contributed by atoms with E-state index in [1.165, 1.54) is 0 Å². The second-order valence-electron chi connectivity index (χ2n) is 8.69. The third-order valence-electron chi connectivity index (χ3n) is 6.07. The first-order chi connectivity index (χ1) is 17.0. The maximum absolute atomic E-state index is 12.8. The lowest BCUT2D eigenvalue weighted by Gasteiger charge is -2.13. The molecule has 8 nitrogen and oxygen atoms in total. The lowest BCUT2D eigenvalue weighted by molar-refractivity contribution is -0.117. The van der Waals surface area contributed by atoms with E-state index >= 15 is 0 Å². The molecular weight excluding hydrogens is 444 g/mol. The van der Waals surface area contributed by atoms with Crippen LogP contribution in [-0.2, 0) is 11.4 Å². The lowest BCUT2D eigenvalue weighted by Crippen LogP contribution is -2.15. The smallest absolute Gasteiger partial charge is 0.255 e. The molecule has 1 saturated carbocycles. The fourth-order valence-electron chi connectivity index (χ4n) is 3.91. The van der Waals surface area contributed by atoms with Crippen molar-refractivity contribution in [1.82, 2.24) is 9.38 Å². The Morgan fingerprint density at radius 1 is 1.03 bits per heavy atom. The van der Waals surface area contributed by atoms with Crippen LogP contribution in [0.4, 0.5) is 11.4 Å². The Balaban J connectivity index is 1.23. The number of nitrogens with one attached hydrogen (secondary N) is 2. The number of benzene rings is 2. The normalized spacial score (nSPS) is 16.5. The van der Waals surface area contributed by atoms with Crippen molar-refractivity contribution < 1.29 is 19.1 Å². The highest BCUT2D eigenvalue weighted by molar-refractivity contribution is 6.05. The van der Waals surface area contributed by atoms with Gasteiger partial charge in [-0.2, -0.15) is 0 Å². The average Bonchev–Trinajstić information content (AvgIpc) is 3.46. The fraction of sp³-hybridized carbons (Fsp3) is 0.222. The van der Waals surface area contributed by atoms with Gasteiger partial charge in [0, 0.05) is 41.3 Å². The second-order valence-corrected chi connectivity index (χ2v) is 8.69. The minimum absolute atomic E-state index is 0.0316. The molecule has 2 aromatic heterocycles. The minimum Gasteiger partial charge on any atom is -0.493 e. The number of hydrogen-bond donors (Lipinski definition) is 2. The van der Waals surface area contributed by atoms with E-state index in [9.17, 15) is 9.59 Å². The van der Waals surface area contributed by atoms with Crippen LogP contribution in [-0.4, -0.2) is 28.3 Å². The number of carbonyl (C=O) groups is 2. The Kier molecular flexibility index (Phi) is 6.10. The van der Waals surface area contributed by atoms with Crippen molar-refractivity contribution in [2.24, 2.45) is 11.8 Å². The Hall–Kier alpha value is -4.33. The molecule has 1 aliphatic rings. The summed E-state index contributed by atoms with van der Waals surface area (Å²) in [5, 5.41) is 5.78. The molecule has 4 aromatic rings. The molecule has 5 rings (SSSR count). The molecule has 178 valence electrons. The monoisotopic (exact) mass is 470 g/mol. The van der Waals surface area contributed by atoms with Gasteiger partial charge in [0.05, 0.1) is 12.8 Å². The van der Waals surface area contributed by atoms with Crippen LogP contribution >= 0.6 is 0 Å². The number of amides is 2. The summed E-state index contributed by atoms with van der Waals surface area (Å²) in [4.78, 5) is 29.4. The topological polar surface area (TPSA) is 94.0 Å². The molecule has 8 heteroatoms. The highest BCUT2D eigenvalue weighted by Gasteiger charge is 2.39. The lowest BCUT2D eigenvalue weighted by atomic mass is 10.1. The minimum atomic E-state index is -0.268. The van der Waals surface area contributed by atoms with Crippen molar-refractivity contribution in [3.8, 4) is 11.5 Å². The van der Waals surface area contributed by atoms with E-state index in [0.29, 0.717) is 34.4 Å². The van der Waals surface area contributed by atoms with Crippen LogP contribution in [0.5, 0.6) is 11.5 Å². The number of ether oxygens (including phenoxy) is 2. The molecule has 0 radical (unpaired) electrons. The SMILES string of the molecule is COc1ccc(NC(=O)c2ccc(NC(=O)C3CC3C)cc2)cc1OCc1cn2ccccc2n1. The molecule has 2 atom stereocenters. The number of methoxy groups -OCH3 is 1. The van der Waals surface area contributed by atoms with Crippen molar-refractivity contribution in [1.29, 1.82) is 0 Å². The second kappa shape index (κ2) is 9.50. The van der Waals surface area contributed by atoms with E-state index < -0.39 is 0 Å². The van der Waals surface area contributed by atoms with E-state index in [1.54, 1.807) is 49.6 Å². The molecule has 35 heavy (non-hydrogen) atoms. The summed E-state index contributed by atoms with van der Waals surface area (Å²) in [5.41, 5.74) is 3.34. The van der Waals surface area contributed by atoms with Crippen LogP contribution in [0.3, 0.4) is 0 Å². The van der Waals surface area contributed by atoms with Crippen LogP contribution in [0.1, 0.15) is 29.4 Å². The van der Waals surface area contributed by atoms with Crippen LogP contribution in [0.15, 0.2) is 73.1 Å². The van der Waals surface area contributed by atoms with E-state index in [-0.39, 0.29) is 24.3 Å². The van der Waals surface area contributed by atoms with E-state index in [4.69, 9.17) is 9.47 Å². The van der Waals surface area contributed by atoms with Gasteiger partial charge < -0.3 is 24.5 Å². The number of hydrogen-bond acceptors (Lipinski definition) is 5. The number of aromatic nitrogens is 2. The zero-order chi connectivity index (χ0) is 24.4. The molecule has 0 spiro atoms. The number of nitrogens with zero attached hydrogens (tertiary/aromatic N) is 2. The first kappa shape index (κ1) is 22.5.